The maximum atomic E-state index is 12.6. The van der Waals surface area contributed by atoms with Crippen molar-refractivity contribution in [3.8, 4) is 11.5 Å². The lowest BCUT2D eigenvalue weighted by Gasteiger charge is -2.12. The van der Waals surface area contributed by atoms with Crippen molar-refractivity contribution in [2.75, 3.05) is 0 Å². The molecule has 6 heteroatoms. The smallest absolute Gasteiger partial charge is 0.416 e. The summed E-state index contributed by atoms with van der Waals surface area (Å²) >= 11 is 6.57. The Kier molecular flexibility index (Phi) is 4.20. The Labute approximate surface area is 124 Å². The average molecular weight is 396 g/mol. The predicted octanol–water partition coefficient (Wildman–Crippen LogP) is 6.02. The van der Waals surface area contributed by atoms with E-state index >= 15 is 0 Å². The summed E-state index contributed by atoms with van der Waals surface area (Å²) in [6.07, 6.45) is -4.38. The summed E-state index contributed by atoms with van der Waals surface area (Å²) < 4.78 is 44.6. The number of benzene rings is 2. The summed E-state index contributed by atoms with van der Waals surface area (Å²) in [7, 11) is 0. The predicted molar refractivity (Wildman–Crippen MR) is 73.4 cm³/mol. The van der Waals surface area contributed by atoms with Gasteiger partial charge in [0.05, 0.1) is 14.5 Å². The average Bonchev–Trinajstić information content (AvgIpc) is 2.33. The highest BCUT2D eigenvalue weighted by molar-refractivity contribution is 9.11. The van der Waals surface area contributed by atoms with Crippen LogP contribution in [0.4, 0.5) is 13.2 Å². The number of alkyl halides is 3. The Morgan fingerprint density at radius 2 is 1.47 bits per heavy atom. The third-order valence-electron chi connectivity index (χ3n) is 2.30. The molecule has 0 N–H and O–H groups in total. The van der Waals surface area contributed by atoms with Gasteiger partial charge in [0.2, 0.25) is 0 Å². The number of ether oxygens (including phenoxy) is 1. The maximum Gasteiger partial charge on any atom is 0.416 e. The van der Waals surface area contributed by atoms with Crippen LogP contribution < -0.4 is 4.74 Å². The molecule has 19 heavy (non-hydrogen) atoms. The first-order valence-corrected chi connectivity index (χ1v) is 6.75. The van der Waals surface area contributed by atoms with Gasteiger partial charge >= 0.3 is 6.18 Å². The van der Waals surface area contributed by atoms with Crippen LogP contribution in [0.1, 0.15) is 5.56 Å². The highest BCUT2D eigenvalue weighted by Crippen LogP contribution is 2.38. The van der Waals surface area contributed by atoms with Gasteiger partial charge in [-0.15, -0.1) is 0 Å². The Hall–Kier alpha value is -1.01. The van der Waals surface area contributed by atoms with Gasteiger partial charge in [-0.25, -0.2) is 0 Å². The van der Waals surface area contributed by atoms with Gasteiger partial charge in [-0.05, 0) is 62.2 Å². The van der Waals surface area contributed by atoms with Crippen LogP contribution in [-0.4, -0.2) is 0 Å². The Bertz CT molecular complexity index is 576. The summed E-state index contributed by atoms with van der Waals surface area (Å²) in [6, 6.07) is 10.0. The minimum Gasteiger partial charge on any atom is -0.455 e. The topological polar surface area (TPSA) is 9.23 Å². The zero-order valence-corrected chi connectivity index (χ0v) is 12.5. The van der Waals surface area contributed by atoms with Crippen LogP contribution in [0.15, 0.2) is 51.4 Å². The molecule has 0 saturated heterocycles. The molecule has 1 nitrogen and oxygen atoms in total. The number of hydrogen-bond acceptors (Lipinski definition) is 1. The Balaban J connectivity index is 2.34. The molecule has 0 fully saturated rings. The van der Waals surface area contributed by atoms with Gasteiger partial charge in [-0.3, -0.25) is 0 Å². The molecule has 0 aromatic heterocycles. The molecule has 0 bridgehead atoms. The van der Waals surface area contributed by atoms with E-state index < -0.39 is 11.7 Å². The molecule has 2 rings (SSSR count). The molecule has 0 spiro atoms. The highest BCUT2D eigenvalue weighted by atomic mass is 79.9. The summed E-state index contributed by atoms with van der Waals surface area (Å²) in [5.41, 5.74) is -0.742. The van der Waals surface area contributed by atoms with Crippen molar-refractivity contribution in [2.45, 2.75) is 6.18 Å². The fraction of sp³-hybridized carbons (Fsp3) is 0.0769. The first kappa shape index (κ1) is 14.4. The number of hydrogen-bond donors (Lipinski definition) is 0. The van der Waals surface area contributed by atoms with E-state index in [9.17, 15) is 13.2 Å². The van der Waals surface area contributed by atoms with Crippen molar-refractivity contribution in [2.24, 2.45) is 0 Å². The van der Waals surface area contributed by atoms with E-state index in [0.717, 1.165) is 12.1 Å². The number of rotatable bonds is 2. The lowest BCUT2D eigenvalue weighted by molar-refractivity contribution is -0.137. The Morgan fingerprint density at radius 1 is 0.895 bits per heavy atom. The zero-order chi connectivity index (χ0) is 14.0. The summed E-state index contributed by atoms with van der Waals surface area (Å²) in [5.74, 6) is 0.559. The Morgan fingerprint density at radius 3 is 2.05 bits per heavy atom. The van der Waals surface area contributed by atoms with Crippen LogP contribution >= 0.6 is 31.9 Å². The van der Waals surface area contributed by atoms with Crippen molar-refractivity contribution in [1.29, 1.82) is 0 Å². The van der Waals surface area contributed by atoms with E-state index in [1.165, 1.54) is 12.1 Å². The van der Waals surface area contributed by atoms with Gasteiger partial charge in [-0.2, -0.15) is 13.2 Å². The first-order chi connectivity index (χ1) is 8.88. The maximum absolute atomic E-state index is 12.6. The first-order valence-electron chi connectivity index (χ1n) is 5.17. The van der Waals surface area contributed by atoms with E-state index in [0.29, 0.717) is 14.7 Å². The van der Waals surface area contributed by atoms with E-state index in [1.54, 1.807) is 18.2 Å². The minimum atomic E-state index is -4.38. The monoisotopic (exact) mass is 394 g/mol. The van der Waals surface area contributed by atoms with E-state index in [1.807, 2.05) is 0 Å². The molecule has 0 aliphatic rings. The lowest BCUT2D eigenvalue weighted by Crippen LogP contribution is -2.04. The van der Waals surface area contributed by atoms with Crippen LogP contribution in [0, 0.1) is 0 Å². The standard InChI is InChI=1S/C13H7Br2F3O/c14-10-5-2-6-11(15)12(10)19-9-4-1-3-8(7-9)13(16,17)18/h1-7H. The second-order valence-electron chi connectivity index (χ2n) is 3.68. The molecule has 100 valence electrons. The van der Waals surface area contributed by atoms with Gasteiger partial charge in [0.1, 0.15) is 5.75 Å². The fourth-order valence-corrected chi connectivity index (χ4v) is 2.59. The number of para-hydroxylation sites is 1. The van der Waals surface area contributed by atoms with Crippen LogP contribution in [0.2, 0.25) is 0 Å². The second kappa shape index (κ2) is 5.54. The van der Waals surface area contributed by atoms with Gasteiger partial charge < -0.3 is 4.74 Å². The molecular weight excluding hydrogens is 389 g/mol. The normalized spacial score (nSPS) is 11.4. The van der Waals surface area contributed by atoms with Crippen molar-refractivity contribution >= 4 is 31.9 Å². The molecule has 0 radical (unpaired) electrons. The summed E-state index contributed by atoms with van der Waals surface area (Å²) in [6.45, 7) is 0. The van der Waals surface area contributed by atoms with Crippen molar-refractivity contribution in [3.63, 3.8) is 0 Å². The third-order valence-corrected chi connectivity index (χ3v) is 3.55. The van der Waals surface area contributed by atoms with Crippen molar-refractivity contribution < 1.29 is 17.9 Å². The zero-order valence-electron chi connectivity index (χ0n) is 9.34. The molecule has 0 aliphatic carbocycles. The van der Waals surface area contributed by atoms with Gasteiger partial charge in [0, 0.05) is 0 Å². The van der Waals surface area contributed by atoms with Crippen LogP contribution in [0.3, 0.4) is 0 Å². The minimum absolute atomic E-state index is 0.127. The van der Waals surface area contributed by atoms with Crippen molar-refractivity contribution in [3.05, 3.63) is 57.0 Å². The van der Waals surface area contributed by atoms with Gasteiger partial charge in [-0.1, -0.05) is 12.1 Å². The molecule has 2 aromatic rings. The molecular formula is C13H7Br2F3O. The quantitative estimate of drug-likeness (QED) is 0.603. The van der Waals surface area contributed by atoms with E-state index in [4.69, 9.17) is 4.74 Å². The molecule has 0 saturated carbocycles. The summed E-state index contributed by atoms with van der Waals surface area (Å²) in [4.78, 5) is 0. The molecule has 0 unspecified atom stereocenters. The highest BCUT2D eigenvalue weighted by Gasteiger charge is 2.30. The second-order valence-corrected chi connectivity index (χ2v) is 5.39. The van der Waals surface area contributed by atoms with E-state index in [-0.39, 0.29) is 5.75 Å². The molecule has 0 heterocycles. The number of halogens is 5. The third kappa shape index (κ3) is 3.51. The van der Waals surface area contributed by atoms with Gasteiger partial charge in [0.15, 0.2) is 5.75 Å². The largest absolute Gasteiger partial charge is 0.455 e. The summed E-state index contributed by atoms with van der Waals surface area (Å²) in [5, 5.41) is 0. The van der Waals surface area contributed by atoms with Crippen LogP contribution in [-0.2, 0) is 6.18 Å². The van der Waals surface area contributed by atoms with Crippen LogP contribution in [0.25, 0.3) is 0 Å². The molecule has 0 atom stereocenters. The SMILES string of the molecule is FC(F)(F)c1cccc(Oc2c(Br)cccc2Br)c1. The van der Waals surface area contributed by atoms with Crippen LogP contribution in [0.5, 0.6) is 11.5 Å². The fourth-order valence-electron chi connectivity index (χ4n) is 1.43. The molecule has 0 amide bonds. The lowest BCUT2D eigenvalue weighted by atomic mass is 10.2. The molecule has 2 aromatic carbocycles. The van der Waals surface area contributed by atoms with E-state index in [2.05, 4.69) is 31.9 Å². The van der Waals surface area contributed by atoms with Crippen molar-refractivity contribution in [1.82, 2.24) is 0 Å². The molecule has 0 aliphatic heterocycles. The van der Waals surface area contributed by atoms with Gasteiger partial charge in [0.25, 0.3) is 0 Å².